The van der Waals surface area contributed by atoms with Crippen molar-refractivity contribution in [2.45, 2.75) is 71.5 Å². The normalized spacial score (nSPS) is 21.8. The van der Waals surface area contributed by atoms with Gasteiger partial charge in [0, 0.05) is 18.8 Å². The minimum Gasteiger partial charge on any atom is -0.465 e. The third kappa shape index (κ3) is 5.55. The highest BCUT2D eigenvalue weighted by molar-refractivity contribution is 5.87. The second-order valence-corrected chi connectivity index (χ2v) is 10.1. The van der Waals surface area contributed by atoms with E-state index in [1.165, 1.54) is 15.8 Å². The summed E-state index contributed by atoms with van der Waals surface area (Å²) in [6, 6.07) is 2.91. The van der Waals surface area contributed by atoms with Gasteiger partial charge in [-0.15, -0.1) is 0 Å². The first kappa shape index (κ1) is 25.6. The molecule has 2 aromatic rings. The largest absolute Gasteiger partial charge is 0.465 e. The van der Waals surface area contributed by atoms with Crippen molar-refractivity contribution >= 4 is 12.0 Å². The van der Waals surface area contributed by atoms with Crippen LogP contribution in [0.1, 0.15) is 65.5 Å². The zero-order chi connectivity index (χ0) is 25.1. The first-order valence-electron chi connectivity index (χ1n) is 11.7. The van der Waals surface area contributed by atoms with Gasteiger partial charge in [0.1, 0.15) is 5.54 Å². The van der Waals surface area contributed by atoms with E-state index in [-0.39, 0.29) is 30.0 Å². The van der Waals surface area contributed by atoms with Gasteiger partial charge in [-0.25, -0.2) is 18.9 Å². The highest BCUT2D eigenvalue weighted by Gasteiger charge is 2.49. The van der Waals surface area contributed by atoms with Gasteiger partial charge in [0.25, 0.3) is 0 Å². The summed E-state index contributed by atoms with van der Waals surface area (Å²) < 4.78 is 14.6. The number of nitrogens with zero attached hydrogens (tertiary/aromatic N) is 4. The van der Waals surface area contributed by atoms with Crippen LogP contribution in [0, 0.1) is 11.2 Å². The molecule has 34 heavy (non-hydrogen) atoms. The minimum absolute atomic E-state index is 0.147. The summed E-state index contributed by atoms with van der Waals surface area (Å²) in [6.45, 7) is 10.9. The average molecular weight is 475 g/mol. The van der Waals surface area contributed by atoms with Gasteiger partial charge in [-0.2, -0.15) is 5.10 Å². The molecule has 0 aromatic carbocycles. The molecule has 3 N–H and O–H groups in total. The molecule has 3 atom stereocenters. The van der Waals surface area contributed by atoms with Crippen LogP contribution < -0.4 is 10.6 Å². The zero-order valence-corrected chi connectivity index (χ0v) is 20.5. The van der Waals surface area contributed by atoms with Crippen LogP contribution in [0.3, 0.4) is 0 Å². The number of likely N-dealkylation sites (tertiary alicyclic amines) is 1. The number of pyridine rings is 1. The Morgan fingerprint density at radius 3 is 2.59 bits per heavy atom. The number of carbonyl (C=O) groups is 2. The third-order valence-electron chi connectivity index (χ3n) is 6.50. The number of piperidine rings is 1. The molecule has 10 heteroatoms. The zero-order valence-electron chi connectivity index (χ0n) is 20.5. The van der Waals surface area contributed by atoms with Gasteiger partial charge < -0.3 is 20.6 Å². The molecule has 186 valence electrons. The number of carboxylic acid groups (broad SMARTS) is 1. The average Bonchev–Trinajstić information content (AvgIpc) is 3.23. The number of nitrogens with one attached hydrogen (secondary N) is 2. The van der Waals surface area contributed by atoms with E-state index in [0.29, 0.717) is 25.2 Å². The van der Waals surface area contributed by atoms with Crippen LogP contribution in [-0.2, 0) is 4.79 Å². The summed E-state index contributed by atoms with van der Waals surface area (Å²) in [5.41, 5.74) is -0.394. The standard InChI is InChI=1S/C24H35FN6O3/c1-6-10-27-24(9-11-30(22(33)34)19(12-24)23(3,4)5)21(32)29-16(2)17-7-8-20(26-13-17)31-15-18(25)14-28-31/h7-8,13-16,19,27H,6,9-12H2,1-5H3,(H,29,32)(H,33,34). The summed E-state index contributed by atoms with van der Waals surface area (Å²) in [4.78, 5) is 31.3. The predicted molar refractivity (Wildman–Crippen MR) is 126 cm³/mol. The molecule has 2 amide bonds. The molecule has 0 radical (unpaired) electrons. The molecule has 1 fully saturated rings. The highest BCUT2D eigenvalue weighted by Crippen LogP contribution is 2.37. The Kier molecular flexibility index (Phi) is 7.60. The molecule has 0 bridgehead atoms. The van der Waals surface area contributed by atoms with E-state index >= 15 is 0 Å². The lowest BCUT2D eigenvalue weighted by Crippen LogP contribution is -2.67. The van der Waals surface area contributed by atoms with Crippen LogP contribution in [0.2, 0.25) is 0 Å². The van der Waals surface area contributed by atoms with Crippen LogP contribution in [0.4, 0.5) is 9.18 Å². The fraction of sp³-hybridized carbons (Fsp3) is 0.583. The second-order valence-electron chi connectivity index (χ2n) is 10.1. The maximum Gasteiger partial charge on any atom is 0.407 e. The third-order valence-corrected chi connectivity index (χ3v) is 6.50. The summed E-state index contributed by atoms with van der Waals surface area (Å²) >= 11 is 0. The van der Waals surface area contributed by atoms with Crippen LogP contribution in [0.5, 0.6) is 0 Å². The van der Waals surface area contributed by atoms with Crippen molar-refractivity contribution in [3.8, 4) is 5.82 Å². The summed E-state index contributed by atoms with van der Waals surface area (Å²) in [5.74, 6) is -0.119. The van der Waals surface area contributed by atoms with Crippen molar-refractivity contribution in [3.63, 3.8) is 0 Å². The lowest BCUT2D eigenvalue weighted by molar-refractivity contribution is -0.132. The number of carbonyl (C=O) groups excluding carboxylic acids is 1. The Labute approximate surface area is 199 Å². The maximum absolute atomic E-state index is 13.6. The molecular formula is C24H35FN6O3. The summed E-state index contributed by atoms with van der Waals surface area (Å²) in [5, 5.41) is 20.2. The SMILES string of the molecule is CCCNC1(C(=O)NC(C)c2ccc(-n3cc(F)cn3)nc2)CCN(C(=O)O)C(C(C)(C)C)C1. The van der Waals surface area contributed by atoms with Gasteiger partial charge in [0.15, 0.2) is 11.6 Å². The first-order valence-corrected chi connectivity index (χ1v) is 11.7. The van der Waals surface area contributed by atoms with Crippen molar-refractivity contribution in [2.75, 3.05) is 13.1 Å². The van der Waals surface area contributed by atoms with Gasteiger partial charge in [-0.05, 0) is 49.8 Å². The Morgan fingerprint density at radius 2 is 2.06 bits per heavy atom. The number of hydrogen-bond donors (Lipinski definition) is 3. The molecule has 3 unspecified atom stereocenters. The van der Waals surface area contributed by atoms with Crippen molar-refractivity contribution in [3.05, 3.63) is 42.1 Å². The van der Waals surface area contributed by atoms with Gasteiger partial charge in [-0.1, -0.05) is 33.8 Å². The molecule has 0 saturated carbocycles. The highest BCUT2D eigenvalue weighted by atomic mass is 19.1. The van der Waals surface area contributed by atoms with Crippen molar-refractivity contribution in [1.29, 1.82) is 0 Å². The molecule has 2 aromatic heterocycles. The van der Waals surface area contributed by atoms with Crippen LogP contribution in [0.15, 0.2) is 30.7 Å². The Hall–Kier alpha value is -3.01. The van der Waals surface area contributed by atoms with E-state index in [9.17, 15) is 19.1 Å². The van der Waals surface area contributed by atoms with E-state index < -0.39 is 17.4 Å². The van der Waals surface area contributed by atoms with E-state index in [0.717, 1.165) is 18.2 Å². The van der Waals surface area contributed by atoms with E-state index in [1.807, 2.05) is 40.7 Å². The lowest BCUT2D eigenvalue weighted by Gasteiger charge is -2.49. The summed E-state index contributed by atoms with van der Waals surface area (Å²) in [7, 11) is 0. The molecule has 9 nitrogen and oxygen atoms in total. The Balaban J connectivity index is 1.79. The molecule has 1 aliphatic heterocycles. The minimum atomic E-state index is -0.957. The van der Waals surface area contributed by atoms with E-state index in [2.05, 4.69) is 20.7 Å². The Bertz CT molecular complexity index is 1000. The van der Waals surface area contributed by atoms with Crippen molar-refractivity contribution in [2.24, 2.45) is 5.41 Å². The molecule has 3 rings (SSSR count). The molecular weight excluding hydrogens is 439 g/mol. The smallest absolute Gasteiger partial charge is 0.407 e. The quantitative estimate of drug-likeness (QED) is 0.566. The number of hydrogen-bond acceptors (Lipinski definition) is 5. The van der Waals surface area contributed by atoms with Gasteiger partial charge in [-0.3, -0.25) is 4.79 Å². The number of aromatic nitrogens is 3. The lowest BCUT2D eigenvalue weighted by atomic mass is 9.73. The Morgan fingerprint density at radius 1 is 1.32 bits per heavy atom. The van der Waals surface area contributed by atoms with Crippen LogP contribution in [0.25, 0.3) is 5.82 Å². The van der Waals surface area contributed by atoms with Crippen LogP contribution >= 0.6 is 0 Å². The second kappa shape index (κ2) is 10.1. The molecule has 1 saturated heterocycles. The molecule has 1 aliphatic rings. The number of halogens is 1. The number of amides is 2. The summed E-state index contributed by atoms with van der Waals surface area (Å²) in [6.07, 6.45) is 4.67. The van der Waals surface area contributed by atoms with Crippen molar-refractivity contribution in [1.82, 2.24) is 30.3 Å². The van der Waals surface area contributed by atoms with Crippen molar-refractivity contribution < 1.29 is 19.1 Å². The van der Waals surface area contributed by atoms with E-state index in [1.54, 1.807) is 12.3 Å². The fourth-order valence-corrected chi connectivity index (χ4v) is 4.46. The molecule has 3 heterocycles. The fourth-order valence-electron chi connectivity index (χ4n) is 4.46. The van der Waals surface area contributed by atoms with Gasteiger partial charge >= 0.3 is 6.09 Å². The van der Waals surface area contributed by atoms with Gasteiger partial charge in [0.2, 0.25) is 5.91 Å². The van der Waals surface area contributed by atoms with Gasteiger partial charge in [0.05, 0.1) is 18.4 Å². The molecule has 0 spiro atoms. The maximum atomic E-state index is 13.6. The number of rotatable bonds is 7. The monoisotopic (exact) mass is 474 g/mol. The van der Waals surface area contributed by atoms with Crippen LogP contribution in [-0.4, -0.2) is 61.4 Å². The van der Waals surface area contributed by atoms with E-state index in [4.69, 9.17) is 0 Å². The first-order chi connectivity index (χ1) is 16.0. The molecule has 0 aliphatic carbocycles. The predicted octanol–water partition coefficient (Wildman–Crippen LogP) is 3.51. The topological polar surface area (TPSA) is 112 Å².